The summed E-state index contributed by atoms with van der Waals surface area (Å²) in [6.07, 6.45) is 15.8. The second-order valence-corrected chi connectivity index (χ2v) is 16.8. The number of hydrogen-bond donors (Lipinski definition) is 0. The van der Waals surface area contributed by atoms with Crippen LogP contribution in [0, 0.1) is 53.5 Å². The van der Waals surface area contributed by atoms with Gasteiger partial charge < -0.3 is 14.2 Å². The van der Waals surface area contributed by atoms with Crippen LogP contribution >= 0.6 is 0 Å². The molecular formula is C60H50O4. The smallest absolute Gasteiger partial charge is 0.316 e. The first-order chi connectivity index (χ1) is 31.3. The number of hydrogen-bond acceptors (Lipinski definition) is 4. The molecule has 0 aliphatic carbocycles. The summed E-state index contributed by atoms with van der Waals surface area (Å²) in [5.74, 6) is 17.0. The minimum Gasteiger partial charge on any atom is -0.494 e. The molecule has 0 N–H and O–H groups in total. The van der Waals surface area contributed by atoms with E-state index in [1.54, 1.807) is 0 Å². The van der Waals surface area contributed by atoms with Crippen molar-refractivity contribution in [1.82, 2.24) is 0 Å². The van der Waals surface area contributed by atoms with Crippen LogP contribution < -0.4 is 14.2 Å². The van der Waals surface area contributed by atoms with Crippen LogP contribution in [-0.4, -0.2) is 12.6 Å². The van der Waals surface area contributed by atoms with Gasteiger partial charge in [-0.25, -0.2) is 0 Å². The summed E-state index contributed by atoms with van der Waals surface area (Å²) in [5, 5.41) is 11.0. The lowest BCUT2D eigenvalue weighted by atomic mass is 9.84. The molecule has 0 unspecified atom stereocenters. The zero-order valence-electron chi connectivity index (χ0n) is 37.0. The Morgan fingerprint density at radius 3 is 1.89 bits per heavy atom. The molecule has 0 radical (unpaired) electrons. The average Bonchev–Trinajstić information content (AvgIpc) is 3.32. The van der Waals surface area contributed by atoms with Crippen LogP contribution in [0.3, 0.4) is 0 Å². The Kier molecular flexibility index (Phi) is 13.2. The zero-order chi connectivity index (χ0) is 44.5. The third kappa shape index (κ3) is 9.40. The van der Waals surface area contributed by atoms with Gasteiger partial charge in [-0.1, -0.05) is 119 Å². The predicted octanol–water partition coefficient (Wildman–Crippen LogP) is 14.8. The molecule has 0 saturated heterocycles. The average molecular weight is 835 g/mol. The number of ether oxygens (including phenoxy) is 3. The second kappa shape index (κ2) is 19.6. The van der Waals surface area contributed by atoms with Gasteiger partial charge in [0.1, 0.15) is 23.4 Å². The molecule has 0 spiro atoms. The normalized spacial score (nSPS) is 11.0. The maximum atomic E-state index is 13.0. The minimum absolute atomic E-state index is 0.244. The molecule has 8 aromatic rings. The highest BCUT2D eigenvalue weighted by atomic mass is 16.5. The molecule has 4 heteroatoms. The summed E-state index contributed by atoms with van der Waals surface area (Å²) in [6.45, 7) is 8.72. The Labute approximate surface area is 376 Å². The summed E-state index contributed by atoms with van der Waals surface area (Å²) >= 11 is 0. The summed E-state index contributed by atoms with van der Waals surface area (Å²) in [7, 11) is 0. The number of unbranched alkanes of at least 4 members (excludes halogenated alkanes) is 5. The highest BCUT2D eigenvalue weighted by Crippen LogP contribution is 2.47. The minimum atomic E-state index is -0.577. The van der Waals surface area contributed by atoms with Crippen LogP contribution in [0.2, 0.25) is 0 Å². The van der Waals surface area contributed by atoms with Gasteiger partial charge in [-0.15, -0.1) is 6.42 Å². The first-order valence-electron chi connectivity index (χ1n) is 22.2. The molecule has 0 aliphatic heterocycles. The van der Waals surface area contributed by atoms with E-state index in [0.29, 0.717) is 24.5 Å². The van der Waals surface area contributed by atoms with Gasteiger partial charge in [-0.2, -0.15) is 0 Å². The van der Waals surface area contributed by atoms with E-state index in [-0.39, 0.29) is 5.97 Å². The number of benzene rings is 8. The number of carbonyl (C=O) groups excluding carboxylic acids is 1. The van der Waals surface area contributed by atoms with Gasteiger partial charge in [0, 0.05) is 17.8 Å². The number of terminal acetylenes is 1. The maximum absolute atomic E-state index is 13.0. The molecule has 0 heterocycles. The fourth-order valence-electron chi connectivity index (χ4n) is 8.27. The fraction of sp³-hybridized carbons (Fsp3) is 0.217. The fourth-order valence-corrected chi connectivity index (χ4v) is 8.27. The molecule has 0 aliphatic rings. The number of fused-ring (bicyclic) bond motifs is 6. The first-order valence-corrected chi connectivity index (χ1v) is 22.2. The van der Waals surface area contributed by atoms with E-state index in [2.05, 4.69) is 152 Å². The Morgan fingerprint density at radius 1 is 0.531 bits per heavy atom. The Bertz CT molecular complexity index is 3310. The van der Waals surface area contributed by atoms with Gasteiger partial charge in [0.25, 0.3) is 0 Å². The van der Waals surface area contributed by atoms with Crippen molar-refractivity contribution < 1.29 is 19.0 Å². The monoisotopic (exact) mass is 834 g/mol. The van der Waals surface area contributed by atoms with Gasteiger partial charge in [0.05, 0.1) is 12.0 Å². The van der Waals surface area contributed by atoms with E-state index in [0.717, 1.165) is 78.5 Å². The quantitative estimate of drug-likeness (QED) is 0.0273. The van der Waals surface area contributed by atoms with Crippen molar-refractivity contribution in [3.8, 4) is 87.6 Å². The third-order valence-electron chi connectivity index (χ3n) is 12.1. The third-order valence-corrected chi connectivity index (χ3v) is 12.1. The van der Waals surface area contributed by atoms with Crippen molar-refractivity contribution >= 4 is 59.8 Å². The highest BCUT2D eigenvalue weighted by Gasteiger charge is 2.28. The van der Waals surface area contributed by atoms with Gasteiger partial charge in [-0.3, -0.25) is 4.79 Å². The highest BCUT2D eigenvalue weighted by molar-refractivity contribution is 6.23. The lowest BCUT2D eigenvalue weighted by molar-refractivity contribution is -0.144. The van der Waals surface area contributed by atoms with Crippen molar-refractivity contribution in [2.24, 2.45) is 5.41 Å². The van der Waals surface area contributed by atoms with Crippen LogP contribution in [0.1, 0.15) is 72.6 Å². The summed E-state index contributed by atoms with van der Waals surface area (Å²) in [4.78, 5) is 13.0. The molecule has 8 rings (SSSR count). The van der Waals surface area contributed by atoms with Crippen LogP contribution in [0.5, 0.6) is 17.2 Å². The Balaban J connectivity index is 1.31. The molecule has 4 nitrogen and oxygen atoms in total. The summed E-state index contributed by atoms with van der Waals surface area (Å²) < 4.78 is 18.4. The van der Waals surface area contributed by atoms with Crippen molar-refractivity contribution in [3.05, 3.63) is 127 Å². The van der Waals surface area contributed by atoms with Crippen molar-refractivity contribution in [3.63, 3.8) is 0 Å². The molecule has 0 fully saturated rings. The van der Waals surface area contributed by atoms with Gasteiger partial charge in [-0.05, 0) is 175 Å². The first kappa shape index (κ1) is 43.0. The number of esters is 1. The largest absolute Gasteiger partial charge is 0.494 e. The molecule has 314 valence electrons. The maximum Gasteiger partial charge on any atom is 0.316 e. The topological polar surface area (TPSA) is 44.8 Å². The lowest BCUT2D eigenvalue weighted by Gasteiger charge is -2.20. The number of carbonyl (C=O) groups is 1. The zero-order valence-corrected chi connectivity index (χ0v) is 37.0. The Morgan fingerprint density at radius 2 is 1.11 bits per heavy atom. The van der Waals surface area contributed by atoms with E-state index in [9.17, 15) is 4.79 Å². The molecular weight excluding hydrogens is 785 g/mol. The molecule has 0 saturated carbocycles. The molecule has 0 amide bonds. The standard InChI is InChI=1S/C60H50O4/c1-6-9-11-13-15-19-35-62-48-31-34-54-55(40-48)57(46-26-24-44-39-50(29-27-43(44)37-46)64-59(61)60(4,5)8-3)53-33-30-49(63-36-20-16-14-12-10-7-2)41-56(53)58(54)47-28-32-52-45(38-47)25-23-42-21-17-18-22-51(42)52/h1,17-18,21-34,37-41H,7-8,10,12,14,16,20,36H2,2-5H3. The Hall–Kier alpha value is -7.63. The molecule has 0 bridgehead atoms. The van der Waals surface area contributed by atoms with Gasteiger partial charge in [0.2, 0.25) is 0 Å². The van der Waals surface area contributed by atoms with Gasteiger partial charge in [0.15, 0.2) is 0 Å². The van der Waals surface area contributed by atoms with E-state index >= 15 is 0 Å². The summed E-state index contributed by atoms with van der Waals surface area (Å²) in [6, 6.07) is 44.7. The van der Waals surface area contributed by atoms with E-state index < -0.39 is 5.41 Å². The van der Waals surface area contributed by atoms with Crippen molar-refractivity contribution in [2.75, 3.05) is 6.61 Å². The summed E-state index contributed by atoms with van der Waals surface area (Å²) in [5.41, 5.74) is 3.70. The molecule has 8 aromatic carbocycles. The van der Waals surface area contributed by atoms with E-state index in [1.807, 2.05) is 45.0 Å². The molecule has 0 atom stereocenters. The SMILES string of the molecule is C#CC#CC#CC#COc1ccc2c(-c3ccc4c(ccc5ccccc54)c3)c3cc(OCCCCCCCC)ccc3c(-c3ccc4cc(OC(=O)C(C)(C)CC)ccc4c3)c2c1. The van der Waals surface area contributed by atoms with Crippen LogP contribution in [0.15, 0.2) is 127 Å². The second-order valence-electron chi connectivity index (χ2n) is 16.8. The lowest BCUT2D eigenvalue weighted by Crippen LogP contribution is -2.28. The van der Waals surface area contributed by atoms with Crippen molar-refractivity contribution in [2.45, 2.75) is 72.6 Å². The predicted molar refractivity (Wildman–Crippen MR) is 266 cm³/mol. The number of rotatable bonds is 14. The van der Waals surface area contributed by atoms with E-state index in [1.165, 1.54) is 41.8 Å². The van der Waals surface area contributed by atoms with Crippen LogP contribution in [0.4, 0.5) is 0 Å². The van der Waals surface area contributed by atoms with Gasteiger partial charge >= 0.3 is 5.97 Å². The van der Waals surface area contributed by atoms with E-state index in [4.69, 9.17) is 20.6 Å². The van der Waals surface area contributed by atoms with Crippen LogP contribution in [0.25, 0.3) is 76.1 Å². The molecule has 64 heavy (non-hydrogen) atoms. The van der Waals surface area contributed by atoms with Crippen LogP contribution in [-0.2, 0) is 4.79 Å². The van der Waals surface area contributed by atoms with Crippen molar-refractivity contribution in [1.29, 1.82) is 0 Å². The molecule has 0 aromatic heterocycles.